The van der Waals surface area contributed by atoms with Crippen molar-refractivity contribution >= 4 is 44.9 Å². The number of nitrogens with zero attached hydrogens (tertiary/aromatic N) is 4. The molecule has 3 aromatic rings. The molecule has 0 atom stereocenters. The van der Waals surface area contributed by atoms with E-state index in [1.54, 1.807) is 23.7 Å². The Labute approximate surface area is 136 Å². The van der Waals surface area contributed by atoms with Gasteiger partial charge in [0.15, 0.2) is 5.16 Å². The van der Waals surface area contributed by atoms with Gasteiger partial charge in [0.25, 0.3) is 0 Å². The highest BCUT2D eigenvalue weighted by Crippen LogP contribution is 2.33. The first kappa shape index (κ1) is 14.7. The molecule has 0 saturated carbocycles. The van der Waals surface area contributed by atoms with E-state index in [0.29, 0.717) is 16.7 Å². The van der Waals surface area contributed by atoms with Crippen molar-refractivity contribution in [3.63, 3.8) is 0 Å². The van der Waals surface area contributed by atoms with Crippen molar-refractivity contribution in [2.45, 2.75) is 31.7 Å². The SMILES string of the molecule is Cc1cnc(SCc2nc(Cl)c3c(C)c(C)sc3n2)nc1. The van der Waals surface area contributed by atoms with Gasteiger partial charge in [-0.2, -0.15) is 0 Å². The van der Waals surface area contributed by atoms with Crippen LogP contribution in [0.4, 0.5) is 0 Å². The zero-order valence-corrected chi connectivity index (χ0v) is 14.2. The van der Waals surface area contributed by atoms with E-state index in [9.17, 15) is 0 Å². The molecule has 7 heteroatoms. The summed E-state index contributed by atoms with van der Waals surface area (Å²) in [7, 11) is 0. The second-order valence-corrected chi connectivity index (χ2v) is 7.23. The molecule has 108 valence electrons. The number of rotatable bonds is 3. The molecule has 0 aliphatic carbocycles. The van der Waals surface area contributed by atoms with Crippen molar-refractivity contribution in [2.24, 2.45) is 0 Å². The van der Waals surface area contributed by atoms with Crippen LogP contribution in [-0.4, -0.2) is 19.9 Å². The van der Waals surface area contributed by atoms with Crippen molar-refractivity contribution in [2.75, 3.05) is 0 Å². The molecule has 3 heterocycles. The summed E-state index contributed by atoms with van der Waals surface area (Å²) < 4.78 is 0. The Morgan fingerprint density at radius 3 is 2.57 bits per heavy atom. The lowest BCUT2D eigenvalue weighted by Crippen LogP contribution is -1.95. The number of thioether (sulfide) groups is 1. The van der Waals surface area contributed by atoms with Crippen LogP contribution in [-0.2, 0) is 5.75 Å². The molecular formula is C14H13ClN4S2. The van der Waals surface area contributed by atoms with E-state index in [-0.39, 0.29) is 0 Å². The Morgan fingerprint density at radius 1 is 1.14 bits per heavy atom. The molecule has 0 aromatic carbocycles. The summed E-state index contributed by atoms with van der Waals surface area (Å²) in [4.78, 5) is 19.7. The number of hydrogen-bond donors (Lipinski definition) is 0. The highest BCUT2D eigenvalue weighted by molar-refractivity contribution is 7.98. The molecule has 0 spiro atoms. The molecule has 0 amide bonds. The number of thiophene rings is 1. The van der Waals surface area contributed by atoms with Crippen LogP contribution >= 0.6 is 34.7 Å². The largest absolute Gasteiger partial charge is 0.231 e. The van der Waals surface area contributed by atoms with E-state index in [0.717, 1.165) is 20.9 Å². The first-order valence-corrected chi connectivity index (χ1v) is 8.56. The van der Waals surface area contributed by atoms with E-state index >= 15 is 0 Å². The number of aryl methyl sites for hydroxylation is 3. The molecule has 0 aliphatic heterocycles. The first-order valence-electron chi connectivity index (χ1n) is 6.38. The van der Waals surface area contributed by atoms with E-state index in [4.69, 9.17) is 11.6 Å². The normalized spacial score (nSPS) is 11.2. The maximum absolute atomic E-state index is 6.30. The van der Waals surface area contributed by atoms with Crippen LogP contribution < -0.4 is 0 Å². The fraction of sp³-hybridized carbons (Fsp3) is 0.286. The first-order chi connectivity index (χ1) is 10.0. The van der Waals surface area contributed by atoms with Crippen LogP contribution in [0.2, 0.25) is 5.15 Å². The number of aromatic nitrogens is 4. The smallest absolute Gasteiger partial charge is 0.187 e. The van der Waals surface area contributed by atoms with Crippen LogP contribution in [0.15, 0.2) is 17.6 Å². The monoisotopic (exact) mass is 336 g/mol. The topological polar surface area (TPSA) is 51.6 Å². The van der Waals surface area contributed by atoms with E-state index < -0.39 is 0 Å². The van der Waals surface area contributed by atoms with Gasteiger partial charge < -0.3 is 0 Å². The summed E-state index contributed by atoms with van der Waals surface area (Å²) in [5, 5.41) is 2.22. The Hall–Kier alpha value is -1.24. The van der Waals surface area contributed by atoms with Crippen LogP contribution in [0, 0.1) is 20.8 Å². The fourth-order valence-corrected chi connectivity index (χ4v) is 3.97. The highest BCUT2D eigenvalue weighted by atomic mass is 35.5. The molecule has 0 bridgehead atoms. The van der Waals surface area contributed by atoms with Gasteiger partial charge in [-0.05, 0) is 31.9 Å². The van der Waals surface area contributed by atoms with Crippen LogP contribution in [0.3, 0.4) is 0 Å². The van der Waals surface area contributed by atoms with E-state index in [1.165, 1.54) is 22.2 Å². The molecule has 0 fully saturated rings. The van der Waals surface area contributed by atoms with E-state index in [1.807, 2.05) is 6.92 Å². The third-order valence-corrected chi connectivity index (χ3v) is 5.36. The standard InChI is InChI=1S/C14H13ClN4S2/c1-7-4-16-14(17-5-7)20-6-10-18-12(15)11-8(2)9(3)21-13(11)19-10/h4-5H,6H2,1-3H3. The van der Waals surface area contributed by atoms with E-state index in [2.05, 4.69) is 33.8 Å². The lowest BCUT2D eigenvalue weighted by molar-refractivity contribution is 0.945. The van der Waals surface area contributed by atoms with Gasteiger partial charge in [-0.1, -0.05) is 23.4 Å². The minimum Gasteiger partial charge on any atom is -0.231 e. The minimum atomic E-state index is 0.530. The fourth-order valence-electron chi connectivity index (χ4n) is 1.89. The van der Waals surface area contributed by atoms with Gasteiger partial charge in [0.05, 0.1) is 11.1 Å². The maximum atomic E-state index is 6.30. The predicted octanol–water partition coefficient (Wildman–Crippen LogP) is 4.35. The second kappa shape index (κ2) is 5.87. The van der Waals surface area contributed by atoms with Crippen molar-refractivity contribution in [1.82, 2.24) is 19.9 Å². The van der Waals surface area contributed by atoms with Crippen molar-refractivity contribution < 1.29 is 0 Å². The number of halogens is 1. The van der Waals surface area contributed by atoms with Gasteiger partial charge in [-0.25, -0.2) is 19.9 Å². The highest BCUT2D eigenvalue weighted by Gasteiger charge is 2.13. The molecule has 3 aromatic heterocycles. The van der Waals surface area contributed by atoms with Gasteiger partial charge in [0.1, 0.15) is 15.8 Å². The number of fused-ring (bicyclic) bond motifs is 1. The Morgan fingerprint density at radius 2 is 1.86 bits per heavy atom. The van der Waals surface area contributed by atoms with Gasteiger partial charge in [0.2, 0.25) is 0 Å². The summed E-state index contributed by atoms with van der Waals surface area (Å²) in [6.45, 7) is 6.09. The Bertz CT molecular complexity index is 799. The van der Waals surface area contributed by atoms with Crippen LogP contribution in [0.1, 0.15) is 21.8 Å². The quantitative estimate of drug-likeness (QED) is 0.404. The minimum absolute atomic E-state index is 0.530. The van der Waals surface area contributed by atoms with Crippen molar-refractivity contribution in [3.8, 4) is 0 Å². The molecule has 21 heavy (non-hydrogen) atoms. The molecule has 0 unspecified atom stereocenters. The summed E-state index contributed by atoms with van der Waals surface area (Å²) in [5.41, 5.74) is 2.21. The van der Waals surface area contributed by atoms with Crippen molar-refractivity contribution in [3.05, 3.63) is 39.4 Å². The lowest BCUT2D eigenvalue weighted by atomic mass is 10.2. The Balaban J connectivity index is 1.86. The Kier molecular flexibility index (Phi) is 4.10. The average molecular weight is 337 g/mol. The third kappa shape index (κ3) is 3.02. The summed E-state index contributed by atoms with van der Waals surface area (Å²) in [5.74, 6) is 1.32. The molecule has 0 aliphatic rings. The zero-order valence-electron chi connectivity index (χ0n) is 11.8. The number of hydrogen-bond acceptors (Lipinski definition) is 6. The summed E-state index contributed by atoms with van der Waals surface area (Å²) in [6.07, 6.45) is 3.61. The van der Waals surface area contributed by atoms with Gasteiger partial charge in [-0.3, -0.25) is 0 Å². The lowest BCUT2D eigenvalue weighted by Gasteiger charge is -2.02. The van der Waals surface area contributed by atoms with Gasteiger partial charge in [-0.15, -0.1) is 11.3 Å². The molecular weight excluding hydrogens is 324 g/mol. The molecule has 0 N–H and O–H groups in total. The van der Waals surface area contributed by atoms with Crippen molar-refractivity contribution in [1.29, 1.82) is 0 Å². The zero-order chi connectivity index (χ0) is 15.0. The van der Waals surface area contributed by atoms with Gasteiger partial charge >= 0.3 is 0 Å². The average Bonchev–Trinajstić information content (AvgIpc) is 2.74. The second-order valence-electron chi connectivity index (χ2n) is 4.73. The summed E-state index contributed by atoms with van der Waals surface area (Å²) in [6, 6.07) is 0. The van der Waals surface area contributed by atoms with Crippen LogP contribution in [0.25, 0.3) is 10.2 Å². The molecule has 3 rings (SSSR count). The van der Waals surface area contributed by atoms with Gasteiger partial charge in [0, 0.05) is 17.3 Å². The van der Waals surface area contributed by atoms with Crippen LogP contribution in [0.5, 0.6) is 0 Å². The maximum Gasteiger partial charge on any atom is 0.187 e. The molecule has 0 radical (unpaired) electrons. The predicted molar refractivity (Wildman–Crippen MR) is 88.2 cm³/mol. The summed E-state index contributed by atoms with van der Waals surface area (Å²) >= 11 is 9.46. The molecule has 0 saturated heterocycles. The third-order valence-electron chi connectivity index (χ3n) is 3.12. The molecule has 4 nitrogen and oxygen atoms in total.